The van der Waals surface area contributed by atoms with Crippen molar-refractivity contribution in [2.45, 2.75) is 86.6 Å². The van der Waals surface area contributed by atoms with Crippen molar-refractivity contribution in [2.75, 3.05) is 7.05 Å². The monoisotopic (exact) mass is 328 g/mol. The van der Waals surface area contributed by atoms with E-state index in [4.69, 9.17) is 4.98 Å². The second kappa shape index (κ2) is 6.90. The molecule has 0 radical (unpaired) electrons. The Morgan fingerprint density at radius 2 is 1.58 bits per heavy atom. The Hall–Kier alpha value is -1.31. The summed E-state index contributed by atoms with van der Waals surface area (Å²) in [6.07, 6.45) is 1.14. The summed E-state index contributed by atoms with van der Waals surface area (Å²) in [5.74, 6) is 1.63. The molecule has 1 aromatic heterocycles. The van der Waals surface area contributed by atoms with Gasteiger partial charge in [-0.1, -0.05) is 33.3 Å². The van der Waals surface area contributed by atoms with Gasteiger partial charge in [-0.3, -0.25) is 4.98 Å². The van der Waals surface area contributed by atoms with Crippen LogP contribution in [0.15, 0.2) is 11.3 Å². The van der Waals surface area contributed by atoms with Crippen molar-refractivity contribution < 1.29 is 0 Å². The van der Waals surface area contributed by atoms with Gasteiger partial charge in [-0.2, -0.15) is 0 Å². The highest BCUT2D eigenvalue weighted by Gasteiger charge is 2.32. The maximum absolute atomic E-state index is 5.06. The Kier molecular flexibility index (Phi) is 5.47. The summed E-state index contributed by atoms with van der Waals surface area (Å²) in [6.45, 7) is 20.7. The van der Waals surface area contributed by atoms with Crippen LogP contribution >= 0.6 is 0 Å². The highest BCUT2D eigenvalue weighted by atomic mass is 15.1. The molecule has 0 saturated carbocycles. The zero-order chi connectivity index (χ0) is 18.3. The van der Waals surface area contributed by atoms with E-state index in [0.29, 0.717) is 23.8 Å². The van der Waals surface area contributed by atoms with Crippen LogP contribution in [-0.4, -0.2) is 16.9 Å². The van der Waals surface area contributed by atoms with E-state index < -0.39 is 0 Å². The van der Waals surface area contributed by atoms with E-state index in [9.17, 15) is 0 Å². The van der Waals surface area contributed by atoms with Crippen LogP contribution in [0.25, 0.3) is 0 Å². The number of aryl methyl sites for hydroxylation is 1. The van der Waals surface area contributed by atoms with Crippen LogP contribution in [0.1, 0.15) is 101 Å². The second-order valence-electron chi connectivity index (χ2n) is 8.40. The van der Waals surface area contributed by atoms with Crippen molar-refractivity contribution >= 4 is 0 Å². The van der Waals surface area contributed by atoms with Crippen molar-refractivity contribution in [1.82, 2.24) is 9.88 Å². The van der Waals surface area contributed by atoms with Gasteiger partial charge in [0.15, 0.2) is 0 Å². The van der Waals surface area contributed by atoms with E-state index in [1.807, 2.05) is 0 Å². The molecule has 2 rings (SSSR count). The van der Waals surface area contributed by atoms with Gasteiger partial charge in [-0.05, 0) is 75.5 Å². The number of rotatable bonds is 2. The molecule has 2 heterocycles. The lowest BCUT2D eigenvalue weighted by Crippen LogP contribution is -2.29. The maximum atomic E-state index is 5.06. The third-order valence-electron chi connectivity index (χ3n) is 6.19. The fraction of sp³-hybridized carbons (Fsp3) is 0.682. The second-order valence-corrected chi connectivity index (χ2v) is 8.40. The first-order chi connectivity index (χ1) is 11.1. The minimum absolute atomic E-state index is 0.385. The van der Waals surface area contributed by atoms with Gasteiger partial charge in [-0.25, -0.2) is 0 Å². The summed E-state index contributed by atoms with van der Waals surface area (Å²) in [5.41, 5.74) is 9.90. The van der Waals surface area contributed by atoms with E-state index in [0.717, 1.165) is 6.42 Å². The van der Waals surface area contributed by atoms with Crippen LogP contribution in [0.4, 0.5) is 0 Å². The summed E-state index contributed by atoms with van der Waals surface area (Å²) in [7, 11) is 2.24. The molecule has 2 heteroatoms. The smallest absolute Gasteiger partial charge is 0.0514 e. The molecule has 0 amide bonds. The lowest BCUT2D eigenvalue weighted by Gasteiger charge is -2.39. The molecule has 0 aromatic carbocycles. The van der Waals surface area contributed by atoms with Crippen molar-refractivity contribution in [3.63, 3.8) is 0 Å². The Balaban J connectivity index is 2.88. The Bertz CT molecular complexity index is 652. The number of hydrogen-bond acceptors (Lipinski definition) is 2. The average molecular weight is 329 g/mol. The van der Waals surface area contributed by atoms with Crippen LogP contribution in [-0.2, 0) is 0 Å². The SMILES string of the molecule is C/C1=C(\C)N(C)[C@@H](C)c2c(C)c(C)nc(C(C)C)c2C(C(C)C)C1. The average Bonchev–Trinajstić information content (AvgIpc) is 2.51. The molecule has 2 atom stereocenters. The van der Waals surface area contributed by atoms with E-state index >= 15 is 0 Å². The quantitative estimate of drug-likeness (QED) is 0.637. The van der Waals surface area contributed by atoms with E-state index in [1.54, 1.807) is 0 Å². The molecule has 1 aromatic rings. The number of nitrogens with zero attached hydrogens (tertiary/aromatic N) is 2. The molecule has 1 aliphatic rings. The minimum atomic E-state index is 0.385. The molecule has 0 aliphatic carbocycles. The maximum Gasteiger partial charge on any atom is 0.0514 e. The minimum Gasteiger partial charge on any atom is -0.371 e. The Morgan fingerprint density at radius 1 is 1.00 bits per heavy atom. The molecule has 0 saturated heterocycles. The Labute approximate surface area is 149 Å². The fourth-order valence-corrected chi connectivity index (χ4v) is 4.16. The molecule has 2 nitrogen and oxygen atoms in total. The standard InChI is InChI=1S/C22H36N2/c1-12(2)19-11-14(5)17(8)24(10)18(9)20-15(6)16(7)23-22(13(3)4)21(19)20/h12-13,18-19H,11H2,1-10H3/b17-14-/t18-,19?/m0/s1. The predicted molar refractivity (Wildman–Crippen MR) is 105 cm³/mol. The third-order valence-corrected chi connectivity index (χ3v) is 6.19. The van der Waals surface area contributed by atoms with Crippen LogP contribution in [0.3, 0.4) is 0 Å². The molecule has 1 aliphatic heterocycles. The van der Waals surface area contributed by atoms with Crippen LogP contribution in [0.5, 0.6) is 0 Å². The van der Waals surface area contributed by atoms with Gasteiger partial charge < -0.3 is 4.90 Å². The normalized spacial score (nSPS) is 25.1. The predicted octanol–water partition coefficient (Wildman–Crippen LogP) is 6.25. The number of fused-ring (bicyclic) bond motifs is 1. The van der Waals surface area contributed by atoms with Crippen LogP contribution in [0, 0.1) is 19.8 Å². The van der Waals surface area contributed by atoms with Crippen molar-refractivity contribution in [3.8, 4) is 0 Å². The topological polar surface area (TPSA) is 16.1 Å². The molecule has 0 bridgehead atoms. The van der Waals surface area contributed by atoms with Gasteiger partial charge in [0.25, 0.3) is 0 Å². The molecular weight excluding hydrogens is 292 g/mol. The number of pyridine rings is 1. The van der Waals surface area contributed by atoms with Gasteiger partial charge in [0.05, 0.1) is 6.04 Å². The van der Waals surface area contributed by atoms with Gasteiger partial charge in [-0.15, -0.1) is 0 Å². The highest BCUT2D eigenvalue weighted by Crippen LogP contribution is 2.44. The first-order valence-corrected chi connectivity index (χ1v) is 9.47. The highest BCUT2D eigenvalue weighted by molar-refractivity contribution is 5.46. The van der Waals surface area contributed by atoms with Crippen molar-refractivity contribution in [2.24, 2.45) is 5.92 Å². The summed E-state index contributed by atoms with van der Waals surface area (Å²) in [6, 6.07) is 0.385. The number of hydrogen-bond donors (Lipinski definition) is 0. The molecule has 134 valence electrons. The van der Waals surface area contributed by atoms with Gasteiger partial charge in [0.2, 0.25) is 0 Å². The van der Waals surface area contributed by atoms with E-state index in [2.05, 4.69) is 74.3 Å². The summed E-state index contributed by atoms with van der Waals surface area (Å²) in [4.78, 5) is 7.52. The zero-order valence-electron chi connectivity index (χ0n) is 17.4. The van der Waals surface area contributed by atoms with Gasteiger partial charge >= 0.3 is 0 Å². The number of aromatic nitrogens is 1. The molecule has 0 spiro atoms. The summed E-state index contributed by atoms with van der Waals surface area (Å²) < 4.78 is 0. The molecule has 24 heavy (non-hydrogen) atoms. The fourth-order valence-electron chi connectivity index (χ4n) is 4.16. The van der Waals surface area contributed by atoms with Gasteiger partial charge in [0.1, 0.15) is 0 Å². The van der Waals surface area contributed by atoms with E-state index in [1.165, 1.54) is 39.3 Å². The summed E-state index contributed by atoms with van der Waals surface area (Å²) >= 11 is 0. The lowest BCUT2D eigenvalue weighted by atomic mass is 9.75. The lowest BCUT2D eigenvalue weighted by molar-refractivity contribution is 0.310. The molecule has 1 unspecified atom stereocenters. The van der Waals surface area contributed by atoms with Crippen LogP contribution < -0.4 is 0 Å². The Morgan fingerprint density at radius 3 is 2.08 bits per heavy atom. The van der Waals surface area contributed by atoms with Crippen LogP contribution in [0.2, 0.25) is 0 Å². The largest absolute Gasteiger partial charge is 0.371 e. The first-order valence-electron chi connectivity index (χ1n) is 9.47. The first kappa shape index (κ1) is 19.0. The van der Waals surface area contributed by atoms with Crippen molar-refractivity contribution in [3.05, 3.63) is 39.3 Å². The van der Waals surface area contributed by atoms with Gasteiger partial charge in [0, 0.05) is 24.1 Å². The van der Waals surface area contributed by atoms with E-state index in [-0.39, 0.29) is 0 Å². The van der Waals surface area contributed by atoms with Crippen molar-refractivity contribution in [1.29, 1.82) is 0 Å². The summed E-state index contributed by atoms with van der Waals surface area (Å²) in [5, 5.41) is 0. The molecular formula is C22H36N2. The zero-order valence-corrected chi connectivity index (χ0v) is 17.4. The molecule has 0 fully saturated rings. The third kappa shape index (κ3) is 3.12. The molecule has 0 N–H and O–H groups in total. The number of allylic oxidation sites excluding steroid dienone is 2.